The van der Waals surface area contributed by atoms with Gasteiger partial charge >= 0.3 is 0 Å². The van der Waals surface area contributed by atoms with Crippen molar-refractivity contribution >= 4 is 17.4 Å². The van der Waals surface area contributed by atoms with Gasteiger partial charge in [-0.1, -0.05) is 24.3 Å². The summed E-state index contributed by atoms with van der Waals surface area (Å²) in [6.45, 7) is 3.01. The number of likely N-dealkylation sites (N-methyl/N-ethyl adjacent to an activating group) is 1. The van der Waals surface area contributed by atoms with Gasteiger partial charge < -0.3 is 24.4 Å². The summed E-state index contributed by atoms with van der Waals surface area (Å²) in [4.78, 5) is 29.4. The van der Waals surface area contributed by atoms with E-state index in [9.17, 15) is 14.7 Å². The highest BCUT2D eigenvalue weighted by Crippen LogP contribution is 2.42. The molecule has 1 N–H and O–H groups in total. The van der Waals surface area contributed by atoms with Gasteiger partial charge in [0, 0.05) is 18.7 Å². The molecule has 7 nitrogen and oxygen atoms in total. The number of ketones is 1. The molecule has 156 valence electrons. The number of carbonyl (C=O) groups excluding carboxylic acids is 2. The molecule has 1 fully saturated rings. The van der Waals surface area contributed by atoms with E-state index in [1.54, 1.807) is 23.1 Å². The fraction of sp³-hybridized carbons (Fsp3) is 0.304. The largest absolute Gasteiger partial charge is 0.507 e. The minimum absolute atomic E-state index is 0.0897. The summed E-state index contributed by atoms with van der Waals surface area (Å²) >= 11 is 0. The van der Waals surface area contributed by atoms with Gasteiger partial charge in [-0.3, -0.25) is 9.59 Å². The molecule has 0 bridgehead atoms. The van der Waals surface area contributed by atoms with Crippen LogP contribution in [0, 0.1) is 6.92 Å². The Morgan fingerprint density at radius 3 is 2.60 bits per heavy atom. The van der Waals surface area contributed by atoms with Crippen LogP contribution in [0.2, 0.25) is 0 Å². The van der Waals surface area contributed by atoms with Gasteiger partial charge in [-0.2, -0.15) is 0 Å². The normalized spacial score (nSPS) is 19.7. The summed E-state index contributed by atoms with van der Waals surface area (Å²) in [5, 5.41) is 11.1. The van der Waals surface area contributed by atoms with E-state index in [1.165, 1.54) is 0 Å². The zero-order chi connectivity index (χ0) is 21.4. The molecule has 0 aromatic heterocycles. The molecule has 30 heavy (non-hydrogen) atoms. The average molecular weight is 408 g/mol. The van der Waals surface area contributed by atoms with Crippen molar-refractivity contribution in [2.24, 2.45) is 0 Å². The molecule has 2 aliphatic heterocycles. The van der Waals surface area contributed by atoms with Gasteiger partial charge in [0.05, 0.1) is 11.6 Å². The Labute approximate surface area is 175 Å². The second-order valence-electron chi connectivity index (χ2n) is 7.72. The summed E-state index contributed by atoms with van der Waals surface area (Å²) in [5.74, 6) is -0.432. The molecule has 2 heterocycles. The van der Waals surface area contributed by atoms with E-state index < -0.39 is 17.7 Å². The third kappa shape index (κ3) is 3.41. The third-order valence-corrected chi connectivity index (χ3v) is 5.46. The van der Waals surface area contributed by atoms with Gasteiger partial charge in [-0.15, -0.1) is 0 Å². The van der Waals surface area contributed by atoms with E-state index in [1.807, 2.05) is 50.2 Å². The fourth-order valence-corrected chi connectivity index (χ4v) is 3.83. The van der Waals surface area contributed by atoms with Crippen LogP contribution in [0.3, 0.4) is 0 Å². The first-order valence-electron chi connectivity index (χ1n) is 9.77. The lowest BCUT2D eigenvalue weighted by Gasteiger charge is -2.27. The number of amides is 1. The minimum Gasteiger partial charge on any atom is -0.507 e. The van der Waals surface area contributed by atoms with Crippen LogP contribution in [-0.4, -0.2) is 60.6 Å². The van der Waals surface area contributed by atoms with Crippen molar-refractivity contribution in [2.45, 2.75) is 13.0 Å². The van der Waals surface area contributed by atoms with E-state index in [-0.39, 0.29) is 18.1 Å². The van der Waals surface area contributed by atoms with Crippen molar-refractivity contribution in [1.82, 2.24) is 9.80 Å². The maximum absolute atomic E-state index is 13.0. The van der Waals surface area contributed by atoms with Gasteiger partial charge in [0.15, 0.2) is 11.5 Å². The monoisotopic (exact) mass is 408 g/mol. The Balaban J connectivity index is 1.85. The summed E-state index contributed by atoms with van der Waals surface area (Å²) in [6, 6.07) is 11.9. The first-order chi connectivity index (χ1) is 14.4. The first kappa shape index (κ1) is 20.0. The number of aryl methyl sites for hydroxylation is 1. The van der Waals surface area contributed by atoms with E-state index in [0.29, 0.717) is 30.2 Å². The maximum Gasteiger partial charge on any atom is 0.295 e. The molecule has 0 saturated carbocycles. The number of benzene rings is 2. The number of fused-ring (bicyclic) bond motifs is 1. The number of Topliss-reactive ketones (excluding diaryl/α,β-unsaturated/α-hetero) is 1. The maximum atomic E-state index is 13.0. The Kier molecular flexibility index (Phi) is 5.22. The van der Waals surface area contributed by atoms with Crippen molar-refractivity contribution in [2.75, 3.05) is 34.0 Å². The number of carbonyl (C=O) groups is 2. The van der Waals surface area contributed by atoms with Crippen molar-refractivity contribution in [3.05, 3.63) is 64.7 Å². The number of likely N-dealkylation sites (tertiary alicyclic amines) is 1. The molecule has 2 aromatic rings. The highest BCUT2D eigenvalue weighted by atomic mass is 16.7. The highest BCUT2D eigenvalue weighted by molar-refractivity contribution is 6.46. The molecule has 2 aliphatic rings. The van der Waals surface area contributed by atoms with Crippen LogP contribution < -0.4 is 9.47 Å². The van der Waals surface area contributed by atoms with E-state index in [0.717, 1.165) is 11.1 Å². The Hall–Kier alpha value is -3.32. The zero-order valence-corrected chi connectivity index (χ0v) is 17.2. The van der Waals surface area contributed by atoms with Crippen LogP contribution >= 0.6 is 0 Å². The molecule has 4 rings (SSSR count). The quantitative estimate of drug-likeness (QED) is 0.466. The van der Waals surface area contributed by atoms with Crippen LogP contribution in [0.5, 0.6) is 11.5 Å². The molecular formula is C23H24N2O5. The number of ether oxygens (including phenoxy) is 2. The van der Waals surface area contributed by atoms with E-state index in [4.69, 9.17) is 9.47 Å². The third-order valence-electron chi connectivity index (χ3n) is 5.46. The molecule has 0 radical (unpaired) electrons. The summed E-state index contributed by atoms with van der Waals surface area (Å²) in [7, 11) is 3.82. The summed E-state index contributed by atoms with van der Waals surface area (Å²) in [6.07, 6.45) is 0. The predicted octanol–water partition coefficient (Wildman–Crippen LogP) is 2.71. The van der Waals surface area contributed by atoms with Gasteiger partial charge in [0.25, 0.3) is 11.7 Å². The molecule has 2 aromatic carbocycles. The van der Waals surface area contributed by atoms with E-state index in [2.05, 4.69) is 0 Å². The summed E-state index contributed by atoms with van der Waals surface area (Å²) in [5.41, 5.74) is 2.25. The number of rotatable bonds is 5. The van der Waals surface area contributed by atoms with Crippen LogP contribution in [-0.2, 0) is 9.59 Å². The molecule has 1 unspecified atom stereocenters. The van der Waals surface area contributed by atoms with Gasteiger partial charge in [-0.05, 0) is 50.3 Å². The van der Waals surface area contributed by atoms with E-state index >= 15 is 0 Å². The fourth-order valence-electron chi connectivity index (χ4n) is 3.83. The van der Waals surface area contributed by atoms with Gasteiger partial charge in [0.2, 0.25) is 6.79 Å². The second kappa shape index (κ2) is 7.84. The zero-order valence-electron chi connectivity index (χ0n) is 17.2. The minimum atomic E-state index is -0.683. The number of hydrogen-bond donors (Lipinski definition) is 1. The Morgan fingerprint density at radius 2 is 1.87 bits per heavy atom. The number of hydrogen-bond acceptors (Lipinski definition) is 6. The smallest absolute Gasteiger partial charge is 0.295 e. The number of aliphatic hydroxyl groups excluding tert-OH is 1. The van der Waals surface area contributed by atoms with Gasteiger partial charge in [-0.25, -0.2) is 0 Å². The first-order valence-corrected chi connectivity index (χ1v) is 9.77. The Morgan fingerprint density at radius 1 is 1.13 bits per heavy atom. The highest BCUT2D eigenvalue weighted by Gasteiger charge is 2.46. The van der Waals surface area contributed by atoms with Gasteiger partial charge in [0.1, 0.15) is 5.76 Å². The lowest BCUT2D eigenvalue weighted by atomic mass is 9.92. The summed E-state index contributed by atoms with van der Waals surface area (Å²) < 4.78 is 10.7. The van der Waals surface area contributed by atoms with Crippen molar-refractivity contribution < 1.29 is 24.2 Å². The van der Waals surface area contributed by atoms with Crippen molar-refractivity contribution in [3.63, 3.8) is 0 Å². The topological polar surface area (TPSA) is 79.3 Å². The molecule has 1 amide bonds. The molecular weight excluding hydrogens is 384 g/mol. The van der Waals surface area contributed by atoms with Crippen LogP contribution in [0.4, 0.5) is 0 Å². The van der Waals surface area contributed by atoms with Crippen LogP contribution in [0.1, 0.15) is 22.7 Å². The standard InChI is InChI=1S/C23H24N2O5/c1-14-6-4-5-7-16(14)20-19(22(27)23(28)25(20)11-10-24(2)3)21(26)15-8-9-17-18(12-15)30-13-29-17/h4-9,12,20,26H,10-11,13H2,1-3H3/b21-19+. The van der Waals surface area contributed by atoms with Crippen LogP contribution in [0.15, 0.2) is 48.0 Å². The lowest BCUT2D eigenvalue weighted by Crippen LogP contribution is -2.35. The molecule has 0 spiro atoms. The molecule has 7 heteroatoms. The van der Waals surface area contributed by atoms with Crippen LogP contribution in [0.25, 0.3) is 5.76 Å². The molecule has 0 aliphatic carbocycles. The van der Waals surface area contributed by atoms with Crippen molar-refractivity contribution in [1.29, 1.82) is 0 Å². The SMILES string of the molecule is Cc1ccccc1C1/C(=C(\O)c2ccc3c(c2)OCO3)C(=O)C(=O)N1CCN(C)C. The molecule has 1 saturated heterocycles. The second-order valence-corrected chi connectivity index (χ2v) is 7.72. The predicted molar refractivity (Wildman–Crippen MR) is 111 cm³/mol. The number of aliphatic hydroxyl groups is 1. The molecule has 1 atom stereocenters. The number of nitrogens with zero attached hydrogens (tertiary/aromatic N) is 2. The lowest BCUT2D eigenvalue weighted by molar-refractivity contribution is -0.140. The average Bonchev–Trinajstić information content (AvgIpc) is 3.29. The Bertz CT molecular complexity index is 1040. The van der Waals surface area contributed by atoms with Crippen molar-refractivity contribution in [3.8, 4) is 11.5 Å².